The Morgan fingerprint density at radius 2 is 1.14 bits per heavy atom. The summed E-state index contributed by atoms with van der Waals surface area (Å²) in [6, 6.07) is 20.5. The van der Waals surface area contributed by atoms with E-state index in [1.54, 1.807) is 6.26 Å². The van der Waals surface area contributed by atoms with Crippen LogP contribution in [0.1, 0.15) is 99.6 Å². The number of hydrogen-bond acceptors (Lipinski definition) is 4. The molecule has 0 aliphatic carbocycles. The van der Waals surface area contributed by atoms with Gasteiger partial charge in [0.2, 0.25) is 0 Å². The minimum atomic E-state index is -0.0415. The summed E-state index contributed by atoms with van der Waals surface area (Å²) in [5.41, 5.74) is 12.1. The molecule has 6 rings (SSSR count). The smallest absolute Gasteiger partial charge is 0.268 e. The van der Waals surface area contributed by atoms with Gasteiger partial charge in [-0.2, -0.15) is 0 Å². The molecular formula is C41H50N4O4. The summed E-state index contributed by atoms with van der Waals surface area (Å²) >= 11 is 0. The lowest BCUT2D eigenvalue weighted by atomic mass is 10.1. The first-order chi connectivity index (χ1) is 23.6. The molecule has 2 amide bonds. The number of carbonyl (C=O) groups is 2. The highest BCUT2D eigenvalue weighted by Crippen LogP contribution is 2.27. The van der Waals surface area contributed by atoms with Crippen molar-refractivity contribution in [2.45, 2.75) is 87.2 Å². The van der Waals surface area contributed by atoms with Gasteiger partial charge in [-0.1, -0.05) is 74.2 Å². The zero-order valence-electron chi connectivity index (χ0n) is 30.0. The molecule has 0 saturated heterocycles. The highest BCUT2D eigenvalue weighted by atomic mass is 16.3. The van der Waals surface area contributed by atoms with Gasteiger partial charge in [0.1, 0.15) is 17.1 Å². The third-order valence-electron chi connectivity index (χ3n) is 9.00. The van der Waals surface area contributed by atoms with E-state index in [-0.39, 0.29) is 11.8 Å². The number of carbonyl (C=O) groups excluding carboxylic acids is 2. The second-order valence-corrected chi connectivity index (χ2v) is 13.1. The number of unbranched alkanes of at least 4 members (excludes halogenated alkanes) is 2. The summed E-state index contributed by atoms with van der Waals surface area (Å²) < 4.78 is 15.4. The average Bonchev–Trinajstić information content (AvgIpc) is 3.83. The summed E-state index contributed by atoms with van der Waals surface area (Å²) in [5.74, 6) is 0.778. The van der Waals surface area contributed by atoms with Crippen LogP contribution in [-0.4, -0.2) is 34.0 Å². The zero-order valence-corrected chi connectivity index (χ0v) is 30.0. The molecule has 49 heavy (non-hydrogen) atoms. The molecule has 4 heterocycles. The molecule has 0 radical (unpaired) electrons. The van der Waals surface area contributed by atoms with E-state index in [0.717, 1.165) is 53.6 Å². The lowest BCUT2D eigenvalue weighted by Crippen LogP contribution is -2.27. The molecule has 0 saturated carbocycles. The number of furan rings is 2. The van der Waals surface area contributed by atoms with E-state index < -0.39 is 0 Å². The van der Waals surface area contributed by atoms with Gasteiger partial charge in [-0.25, -0.2) is 0 Å². The Labute approximate surface area is 289 Å². The molecule has 0 unspecified atom stereocenters. The van der Waals surface area contributed by atoms with Gasteiger partial charge in [-0.05, 0) is 69.7 Å². The number of aromatic nitrogens is 2. The van der Waals surface area contributed by atoms with Gasteiger partial charge in [-0.3, -0.25) is 9.59 Å². The molecule has 0 atom stereocenters. The summed E-state index contributed by atoms with van der Waals surface area (Å²) in [6.07, 6.45) is 5.76. The predicted octanol–water partition coefficient (Wildman–Crippen LogP) is 9.17. The average molecular weight is 663 g/mol. The Morgan fingerprint density at radius 3 is 1.67 bits per heavy atom. The number of aryl methyl sites for hydroxylation is 5. The first kappa shape index (κ1) is 35.3. The Bertz CT molecular complexity index is 2050. The van der Waals surface area contributed by atoms with Crippen LogP contribution in [0.15, 0.2) is 75.8 Å². The van der Waals surface area contributed by atoms with Gasteiger partial charge in [0, 0.05) is 50.4 Å². The minimum Gasteiger partial charge on any atom is -0.463 e. The second kappa shape index (κ2) is 15.9. The molecule has 0 aliphatic rings. The number of nitrogens with one attached hydrogen (secondary N) is 2. The molecular weight excluding hydrogens is 612 g/mol. The van der Waals surface area contributed by atoms with Gasteiger partial charge in [-0.15, -0.1) is 0 Å². The van der Waals surface area contributed by atoms with E-state index in [1.807, 2.05) is 35.8 Å². The first-order valence-corrected chi connectivity index (χ1v) is 17.4. The summed E-state index contributed by atoms with van der Waals surface area (Å²) in [5, 5.41) is 6.02. The number of hydrogen-bond donors (Lipinski definition) is 2. The number of rotatable bonds is 12. The Balaban J connectivity index is 0.000000191. The molecule has 4 aromatic heterocycles. The fraction of sp³-hybridized carbons (Fsp3) is 0.366. The predicted molar refractivity (Wildman–Crippen MR) is 198 cm³/mol. The third kappa shape index (κ3) is 8.37. The van der Waals surface area contributed by atoms with E-state index in [4.69, 9.17) is 8.83 Å². The largest absolute Gasteiger partial charge is 0.463 e. The van der Waals surface area contributed by atoms with Crippen LogP contribution in [0.5, 0.6) is 0 Å². The van der Waals surface area contributed by atoms with Crippen LogP contribution >= 0.6 is 0 Å². The second-order valence-electron chi connectivity index (χ2n) is 13.1. The van der Waals surface area contributed by atoms with Crippen LogP contribution in [0.4, 0.5) is 0 Å². The standard InChI is InChI=1S/C21H26N2O2.C20H24N2O2/c1-5-6-9-22-21(24)19-12-20-18(11-16(4)25-20)23(19)13-17-10-14(2)7-8-15(17)3;1-4-5-9-21-20(23)18-12-19-17(8-10-24-19)22(18)13-16-11-14(2)6-7-15(16)3/h7-8,10-12H,5-6,9,13H2,1-4H3,(H,22,24);6-8,10-12H,4-5,9,13H2,1-3H3,(H,21,23). The number of benzene rings is 2. The molecule has 8 heteroatoms. The van der Waals surface area contributed by atoms with Crippen LogP contribution in [0, 0.1) is 34.6 Å². The summed E-state index contributed by atoms with van der Waals surface area (Å²) in [7, 11) is 0. The van der Waals surface area contributed by atoms with Gasteiger partial charge >= 0.3 is 0 Å². The van der Waals surface area contributed by atoms with E-state index in [9.17, 15) is 9.59 Å². The molecule has 6 aromatic rings. The first-order valence-electron chi connectivity index (χ1n) is 17.4. The van der Waals surface area contributed by atoms with Gasteiger partial charge in [0.05, 0.1) is 17.3 Å². The van der Waals surface area contributed by atoms with Crippen molar-refractivity contribution in [3.05, 3.63) is 117 Å². The summed E-state index contributed by atoms with van der Waals surface area (Å²) in [4.78, 5) is 25.2. The summed E-state index contributed by atoms with van der Waals surface area (Å²) in [6.45, 7) is 17.3. The van der Waals surface area contributed by atoms with E-state index in [0.29, 0.717) is 37.6 Å². The van der Waals surface area contributed by atoms with Crippen molar-refractivity contribution in [1.29, 1.82) is 0 Å². The maximum absolute atomic E-state index is 12.7. The third-order valence-corrected chi connectivity index (χ3v) is 9.00. The fourth-order valence-electron chi connectivity index (χ4n) is 6.08. The normalized spacial score (nSPS) is 11.2. The van der Waals surface area contributed by atoms with Crippen molar-refractivity contribution >= 4 is 34.0 Å². The molecule has 8 nitrogen and oxygen atoms in total. The van der Waals surface area contributed by atoms with Crippen molar-refractivity contribution in [3.63, 3.8) is 0 Å². The van der Waals surface area contributed by atoms with E-state index >= 15 is 0 Å². The quantitative estimate of drug-likeness (QED) is 0.128. The Kier molecular flexibility index (Phi) is 11.5. The van der Waals surface area contributed by atoms with Crippen molar-refractivity contribution < 1.29 is 18.4 Å². The lowest BCUT2D eigenvalue weighted by Gasteiger charge is -2.13. The number of amides is 2. The fourth-order valence-corrected chi connectivity index (χ4v) is 6.08. The topological polar surface area (TPSA) is 94.3 Å². The van der Waals surface area contributed by atoms with Crippen molar-refractivity contribution in [3.8, 4) is 0 Å². The van der Waals surface area contributed by atoms with Crippen LogP contribution in [0.2, 0.25) is 0 Å². The van der Waals surface area contributed by atoms with Crippen LogP contribution < -0.4 is 10.6 Å². The molecule has 0 aliphatic heterocycles. The molecule has 2 N–H and O–H groups in total. The Hall–Kier alpha value is -4.98. The van der Waals surface area contributed by atoms with Gasteiger partial charge in [0.15, 0.2) is 11.2 Å². The minimum absolute atomic E-state index is 0.0391. The lowest BCUT2D eigenvalue weighted by molar-refractivity contribution is 0.0936. The van der Waals surface area contributed by atoms with E-state index in [1.165, 1.54) is 33.4 Å². The van der Waals surface area contributed by atoms with E-state index in [2.05, 4.69) is 93.1 Å². The van der Waals surface area contributed by atoms with Gasteiger partial charge < -0.3 is 28.6 Å². The van der Waals surface area contributed by atoms with Crippen LogP contribution in [0.3, 0.4) is 0 Å². The van der Waals surface area contributed by atoms with Crippen molar-refractivity contribution in [2.75, 3.05) is 13.1 Å². The van der Waals surface area contributed by atoms with Crippen molar-refractivity contribution in [2.24, 2.45) is 0 Å². The number of nitrogens with zero attached hydrogens (tertiary/aromatic N) is 2. The maximum atomic E-state index is 12.7. The monoisotopic (exact) mass is 662 g/mol. The van der Waals surface area contributed by atoms with Crippen LogP contribution in [0.25, 0.3) is 22.2 Å². The highest BCUT2D eigenvalue weighted by Gasteiger charge is 2.20. The molecule has 0 spiro atoms. The highest BCUT2D eigenvalue weighted by molar-refractivity contribution is 5.98. The molecule has 0 bridgehead atoms. The molecule has 258 valence electrons. The van der Waals surface area contributed by atoms with Crippen molar-refractivity contribution in [1.82, 2.24) is 19.8 Å². The molecule has 0 fully saturated rings. The van der Waals surface area contributed by atoms with Gasteiger partial charge in [0.25, 0.3) is 11.8 Å². The SMILES string of the molecule is CCCCNC(=O)c1cc2oc(C)cc2n1Cc1cc(C)ccc1C.CCCCNC(=O)c1cc2occc2n1Cc1cc(C)ccc1C. The van der Waals surface area contributed by atoms with Crippen LogP contribution in [-0.2, 0) is 13.1 Å². The number of fused-ring (bicyclic) bond motifs is 2. The maximum Gasteiger partial charge on any atom is 0.268 e. The Morgan fingerprint density at radius 1 is 0.633 bits per heavy atom. The zero-order chi connectivity index (χ0) is 35.1. The molecule has 2 aromatic carbocycles.